The van der Waals surface area contributed by atoms with Gasteiger partial charge in [-0.05, 0) is 45.9 Å². The maximum atomic E-state index is 2.45. The van der Waals surface area contributed by atoms with Gasteiger partial charge in [0.2, 0.25) is 0 Å². The second-order valence-corrected chi connectivity index (χ2v) is 7.21. The molecule has 0 fully saturated rings. The molecule has 0 nitrogen and oxygen atoms in total. The monoisotopic (exact) mass is 334 g/mol. The lowest BCUT2D eigenvalue weighted by Crippen LogP contribution is -2.01. The summed E-state index contributed by atoms with van der Waals surface area (Å²) >= 11 is 0. The van der Waals surface area contributed by atoms with Crippen LogP contribution in [0.1, 0.15) is 36.8 Å². The minimum atomic E-state index is 0.458. The summed E-state index contributed by atoms with van der Waals surface area (Å²) < 4.78 is 0. The van der Waals surface area contributed by atoms with Crippen LogP contribution < -0.4 is 0 Å². The minimum absolute atomic E-state index is 0.458. The van der Waals surface area contributed by atoms with Crippen LogP contribution in [-0.4, -0.2) is 0 Å². The third-order valence-electron chi connectivity index (χ3n) is 5.81. The highest BCUT2D eigenvalue weighted by molar-refractivity contribution is 5.99. The van der Waals surface area contributed by atoms with E-state index in [9.17, 15) is 0 Å². The van der Waals surface area contributed by atoms with Crippen LogP contribution in [-0.2, 0) is 0 Å². The van der Waals surface area contributed by atoms with E-state index >= 15 is 0 Å². The molecule has 0 aliphatic heterocycles. The largest absolute Gasteiger partial charge is 0.0804 e. The molecule has 0 saturated heterocycles. The van der Waals surface area contributed by atoms with Gasteiger partial charge in [0.1, 0.15) is 0 Å². The quantitative estimate of drug-likeness (QED) is 0.472. The Kier molecular flexibility index (Phi) is 3.64. The molecule has 2 aliphatic carbocycles. The first-order valence-electron chi connectivity index (χ1n) is 9.54. The third-order valence-corrected chi connectivity index (χ3v) is 5.81. The zero-order chi connectivity index (χ0) is 17.5. The van der Waals surface area contributed by atoms with Crippen molar-refractivity contribution in [1.29, 1.82) is 0 Å². The van der Waals surface area contributed by atoms with Crippen molar-refractivity contribution in [2.24, 2.45) is 0 Å². The van der Waals surface area contributed by atoms with E-state index < -0.39 is 0 Å². The molecule has 1 unspecified atom stereocenters. The van der Waals surface area contributed by atoms with Gasteiger partial charge < -0.3 is 0 Å². The predicted molar refractivity (Wildman–Crippen MR) is 112 cm³/mol. The van der Waals surface area contributed by atoms with E-state index in [0.717, 1.165) is 12.8 Å². The Morgan fingerprint density at radius 2 is 1.69 bits per heavy atom. The molecule has 0 aromatic heterocycles. The van der Waals surface area contributed by atoms with Crippen molar-refractivity contribution in [2.75, 3.05) is 0 Å². The predicted octanol–water partition coefficient (Wildman–Crippen LogP) is 7.28. The molecule has 1 atom stereocenters. The molecule has 0 saturated carbocycles. The molecule has 0 radical (unpaired) electrons. The van der Waals surface area contributed by atoms with Crippen LogP contribution in [0.4, 0.5) is 0 Å². The molecule has 26 heavy (non-hydrogen) atoms. The first kappa shape index (κ1) is 15.4. The molecule has 0 heteroatoms. The second kappa shape index (κ2) is 6.14. The van der Waals surface area contributed by atoms with E-state index in [2.05, 4.69) is 91.9 Å². The maximum Gasteiger partial charge on any atom is 0.0273 e. The molecule has 3 aromatic rings. The van der Waals surface area contributed by atoms with Gasteiger partial charge in [0.25, 0.3) is 0 Å². The summed E-state index contributed by atoms with van der Waals surface area (Å²) in [6, 6.07) is 22.2. The normalized spacial score (nSPS) is 18.1. The third kappa shape index (κ3) is 2.29. The first-order chi connectivity index (χ1) is 12.9. The van der Waals surface area contributed by atoms with Gasteiger partial charge >= 0.3 is 0 Å². The first-order valence-corrected chi connectivity index (χ1v) is 9.54. The number of hydrogen-bond acceptors (Lipinski definition) is 0. The molecule has 126 valence electrons. The topological polar surface area (TPSA) is 0 Å². The molecule has 5 rings (SSSR count). The highest BCUT2D eigenvalue weighted by Gasteiger charge is 2.29. The Morgan fingerprint density at radius 3 is 2.54 bits per heavy atom. The van der Waals surface area contributed by atoms with E-state index in [1.807, 2.05) is 0 Å². The lowest BCUT2D eigenvalue weighted by atomic mass is 9.85. The maximum absolute atomic E-state index is 2.45. The second-order valence-electron chi connectivity index (χ2n) is 7.21. The summed E-state index contributed by atoms with van der Waals surface area (Å²) in [5.74, 6) is 0.458. The van der Waals surface area contributed by atoms with Crippen LogP contribution in [0, 0.1) is 0 Å². The van der Waals surface area contributed by atoms with E-state index in [4.69, 9.17) is 0 Å². The van der Waals surface area contributed by atoms with Crippen molar-refractivity contribution >= 4 is 16.8 Å². The molecule has 3 aromatic carbocycles. The zero-order valence-corrected chi connectivity index (χ0v) is 15.1. The van der Waals surface area contributed by atoms with Crippen LogP contribution in [0.25, 0.3) is 28.0 Å². The molecular formula is C26H22. The highest BCUT2D eigenvalue weighted by Crippen LogP contribution is 2.48. The van der Waals surface area contributed by atoms with Crippen molar-refractivity contribution in [2.45, 2.75) is 25.7 Å². The van der Waals surface area contributed by atoms with Gasteiger partial charge in [0.05, 0.1) is 0 Å². The van der Waals surface area contributed by atoms with Crippen LogP contribution in [0.5, 0.6) is 0 Å². The van der Waals surface area contributed by atoms with Gasteiger partial charge in [0.15, 0.2) is 0 Å². The molecular weight excluding hydrogens is 312 g/mol. The Balaban J connectivity index is 1.73. The van der Waals surface area contributed by atoms with Crippen molar-refractivity contribution in [3.8, 4) is 11.1 Å². The van der Waals surface area contributed by atoms with Crippen LogP contribution in [0.2, 0.25) is 0 Å². The Hall–Kier alpha value is -2.86. The van der Waals surface area contributed by atoms with Crippen molar-refractivity contribution in [3.05, 3.63) is 101 Å². The van der Waals surface area contributed by atoms with E-state index in [1.165, 1.54) is 38.6 Å². The average Bonchev–Trinajstić information content (AvgIpc) is 3.34. The summed E-state index contributed by atoms with van der Waals surface area (Å²) in [5, 5.41) is 2.64. The SMILES string of the molecule is CCC1=Cc2c(-c3cccc4ccccc34)cccc2C1C1=CC=CC1. The molecule has 0 N–H and O–H groups in total. The zero-order valence-electron chi connectivity index (χ0n) is 15.1. The summed E-state index contributed by atoms with van der Waals surface area (Å²) in [7, 11) is 0. The molecule has 0 bridgehead atoms. The van der Waals surface area contributed by atoms with Gasteiger partial charge in [-0.1, -0.05) is 103 Å². The number of rotatable bonds is 3. The minimum Gasteiger partial charge on any atom is -0.0804 e. The summed E-state index contributed by atoms with van der Waals surface area (Å²) in [6.07, 6.45) is 11.4. The van der Waals surface area contributed by atoms with Crippen LogP contribution >= 0.6 is 0 Å². The van der Waals surface area contributed by atoms with Crippen molar-refractivity contribution in [1.82, 2.24) is 0 Å². The standard InChI is InChI=1S/C26H22/c1-2-18-17-25-23(22-14-7-12-19-9-5-6-13-21(19)22)15-8-16-24(25)26(18)20-10-3-4-11-20/h3-10,12-17,26H,2,11H2,1H3. The number of fused-ring (bicyclic) bond motifs is 2. The van der Waals surface area contributed by atoms with E-state index in [0.29, 0.717) is 5.92 Å². The van der Waals surface area contributed by atoms with Crippen LogP contribution in [0.15, 0.2) is 90.0 Å². The van der Waals surface area contributed by atoms with Gasteiger partial charge in [0, 0.05) is 5.92 Å². The molecule has 0 amide bonds. The fourth-order valence-electron chi connectivity index (χ4n) is 4.58. The average molecular weight is 334 g/mol. The van der Waals surface area contributed by atoms with E-state index in [1.54, 1.807) is 5.57 Å². The van der Waals surface area contributed by atoms with Gasteiger partial charge in [-0.3, -0.25) is 0 Å². The summed E-state index contributed by atoms with van der Waals surface area (Å²) in [6.45, 7) is 2.28. The lowest BCUT2D eigenvalue weighted by molar-refractivity contribution is 0.869. The van der Waals surface area contributed by atoms with Crippen molar-refractivity contribution in [3.63, 3.8) is 0 Å². The Labute approximate surface area is 155 Å². The number of hydrogen-bond donors (Lipinski definition) is 0. The molecule has 0 heterocycles. The summed E-state index contributed by atoms with van der Waals surface area (Å²) in [4.78, 5) is 0. The fourth-order valence-corrected chi connectivity index (χ4v) is 4.58. The summed E-state index contributed by atoms with van der Waals surface area (Å²) in [5.41, 5.74) is 8.67. The van der Waals surface area contributed by atoms with Gasteiger partial charge in [-0.15, -0.1) is 0 Å². The highest BCUT2D eigenvalue weighted by atomic mass is 14.3. The lowest BCUT2D eigenvalue weighted by Gasteiger charge is -2.19. The number of allylic oxidation sites excluding steroid dienone is 5. The fraction of sp³-hybridized carbons (Fsp3) is 0.154. The van der Waals surface area contributed by atoms with Gasteiger partial charge in [-0.2, -0.15) is 0 Å². The van der Waals surface area contributed by atoms with Crippen LogP contribution in [0.3, 0.4) is 0 Å². The van der Waals surface area contributed by atoms with E-state index in [-0.39, 0.29) is 0 Å². The Morgan fingerprint density at radius 1 is 0.885 bits per heavy atom. The smallest absolute Gasteiger partial charge is 0.0273 e. The molecule has 2 aliphatic rings. The van der Waals surface area contributed by atoms with Crippen molar-refractivity contribution < 1.29 is 0 Å². The Bertz CT molecular complexity index is 1090. The number of benzene rings is 3. The molecule has 0 spiro atoms. The van der Waals surface area contributed by atoms with Gasteiger partial charge in [-0.25, -0.2) is 0 Å².